The average molecular weight is 238 g/mol. The van der Waals surface area contributed by atoms with Crippen LogP contribution >= 0.6 is 0 Å². The van der Waals surface area contributed by atoms with Crippen molar-refractivity contribution in [3.63, 3.8) is 0 Å². The Hall–Kier alpha value is -1.30. The van der Waals surface area contributed by atoms with Crippen molar-refractivity contribution in [2.45, 2.75) is 38.5 Å². The third kappa shape index (κ3) is 3.13. The zero-order valence-electron chi connectivity index (χ0n) is 11.0. The van der Waals surface area contributed by atoms with Gasteiger partial charge in [0.25, 0.3) is 0 Å². The molecular weight excluding hydrogens is 216 g/mol. The Kier molecular flexibility index (Phi) is 3.64. The predicted octanol–water partition coefficient (Wildman–Crippen LogP) is 4.92. The van der Waals surface area contributed by atoms with E-state index in [1.54, 1.807) is 5.57 Å². The molecule has 0 nitrogen and oxygen atoms in total. The van der Waals surface area contributed by atoms with Gasteiger partial charge >= 0.3 is 0 Å². The summed E-state index contributed by atoms with van der Waals surface area (Å²) >= 11 is 0. The predicted molar refractivity (Wildman–Crippen MR) is 77.4 cm³/mol. The minimum absolute atomic E-state index is 0.862. The first-order valence-corrected chi connectivity index (χ1v) is 7.31. The molecule has 2 aliphatic rings. The lowest BCUT2D eigenvalue weighted by Crippen LogP contribution is -2.08. The quantitative estimate of drug-likeness (QED) is 0.683. The van der Waals surface area contributed by atoms with E-state index in [4.69, 9.17) is 0 Å². The molecule has 1 aromatic rings. The van der Waals surface area contributed by atoms with Crippen LogP contribution < -0.4 is 0 Å². The fourth-order valence-electron chi connectivity index (χ4n) is 3.01. The molecule has 0 radical (unpaired) electrons. The third-order valence-corrected chi connectivity index (χ3v) is 4.20. The molecule has 0 heteroatoms. The summed E-state index contributed by atoms with van der Waals surface area (Å²) in [5, 5.41) is 0. The Bertz CT molecular complexity index is 434. The van der Waals surface area contributed by atoms with Crippen LogP contribution in [0.3, 0.4) is 0 Å². The number of hydrogen-bond acceptors (Lipinski definition) is 0. The SMILES string of the molecule is C1=CC(CC(Cc2ccccc2)C2CC2)=CCC1. The second-order valence-electron chi connectivity index (χ2n) is 5.75. The fourth-order valence-corrected chi connectivity index (χ4v) is 3.01. The molecule has 0 aromatic heterocycles. The zero-order chi connectivity index (χ0) is 12.2. The highest BCUT2D eigenvalue weighted by Gasteiger charge is 2.31. The monoisotopic (exact) mass is 238 g/mol. The Balaban J connectivity index is 1.65. The minimum atomic E-state index is 0.862. The number of rotatable bonds is 5. The first kappa shape index (κ1) is 11.8. The van der Waals surface area contributed by atoms with Gasteiger partial charge in [-0.15, -0.1) is 0 Å². The number of benzene rings is 1. The molecule has 0 aliphatic heterocycles. The van der Waals surface area contributed by atoms with Gasteiger partial charge in [0.15, 0.2) is 0 Å². The summed E-state index contributed by atoms with van der Waals surface area (Å²) in [5.74, 6) is 1.85. The van der Waals surface area contributed by atoms with E-state index in [9.17, 15) is 0 Å². The number of hydrogen-bond donors (Lipinski definition) is 0. The van der Waals surface area contributed by atoms with Crippen LogP contribution in [0.1, 0.15) is 37.7 Å². The summed E-state index contributed by atoms with van der Waals surface area (Å²) < 4.78 is 0. The highest BCUT2D eigenvalue weighted by atomic mass is 14.4. The molecule has 0 saturated heterocycles. The van der Waals surface area contributed by atoms with Crippen LogP contribution in [0.2, 0.25) is 0 Å². The van der Waals surface area contributed by atoms with Crippen molar-refractivity contribution in [2.75, 3.05) is 0 Å². The van der Waals surface area contributed by atoms with Crippen LogP contribution in [0.4, 0.5) is 0 Å². The van der Waals surface area contributed by atoms with Crippen LogP contribution in [0.5, 0.6) is 0 Å². The van der Waals surface area contributed by atoms with Crippen molar-refractivity contribution in [3.8, 4) is 0 Å². The molecule has 1 fully saturated rings. The molecule has 0 amide bonds. The highest BCUT2D eigenvalue weighted by molar-refractivity contribution is 5.24. The molecule has 2 aliphatic carbocycles. The third-order valence-electron chi connectivity index (χ3n) is 4.20. The molecule has 1 unspecified atom stereocenters. The highest BCUT2D eigenvalue weighted by Crippen LogP contribution is 2.42. The first-order valence-electron chi connectivity index (χ1n) is 7.31. The van der Waals surface area contributed by atoms with E-state index in [1.165, 1.54) is 44.1 Å². The second-order valence-corrected chi connectivity index (χ2v) is 5.75. The van der Waals surface area contributed by atoms with E-state index in [2.05, 4.69) is 48.6 Å². The van der Waals surface area contributed by atoms with E-state index in [-0.39, 0.29) is 0 Å². The lowest BCUT2D eigenvalue weighted by molar-refractivity contribution is 0.457. The Morgan fingerprint density at radius 1 is 1.00 bits per heavy atom. The summed E-state index contributed by atoms with van der Waals surface area (Å²) in [6.45, 7) is 0. The molecule has 3 rings (SSSR count). The Labute approximate surface area is 110 Å². The second kappa shape index (κ2) is 5.56. The lowest BCUT2D eigenvalue weighted by Gasteiger charge is -2.18. The van der Waals surface area contributed by atoms with Crippen molar-refractivity contribution in [3.05, 3.63) is 59.7 Å². The van der Waals surface area contributed by atoms with Gasteiger partial charge in [-0.2, -0.15) is 0 Å². The maximum absolute atomic E-state index is 2.44. The van der Waals surface area contributed by atoms with Crippen LogP contribution in [0.25, 0.3) is 0 Å². The Morgan fingerprint density at radius 2 is 1.83 bits per heavy atom. The first-order chi connectivity index (χ1) is 8.92. The van der Waals surface area contributed by atoms with Gasteiger partial charge in [0.2, 0.25) is 0 Å². The van der Waals surface area contributed by atoms with Crippen molar-refractivity contribution in [1.29, 1.82) is 0 Å². The molecule has 0 bridgehead atoms. The Morgan fingerprint density at radius 3 is 2.50 bits per heavy atom. The molecule has 1 aromatic carbocycles. The summed E-state index contributed by atoms with van der Waals surface area (Å²) in [4.78, 5) is 0. The molecule has 94 valence electrons. The van der Waals surface area contributed by atoms with Gasteiger partial charge in [0, 0.05) is 0 Å². The van der Waals surface area contributed by atoms with Gasteiger partial charge < -0.3 is 0 Å². The van der Waals surface area contributed by atoms with E-state index < -0.39 is 0 Å². The van der Waals surface area contributed by atoms with Crippen LogP contribution in [-0.4, -0.2) is 0 Å². The smallest absolute Gasteiger partial charge is 0.0245 e. The van der Waals surface area contributed by atoms with E-state index in [0.29, 0.717) is 0 Å². The van der Waals surface area contributed by atoms with E-state index in [1.807, 2.05) is 0 Å². The van der Waals surface area contributed by atoms with E-state index in [0.717, 1.165) is 11.8 Å². The van der Waals surface area contributed by atoms with Crippen molar-refractivity contribution < 1.29 is 0 Å². The maximum atomic E-state index is 2.44. The van der Waals surface area contributed by atoms with Gasteiger partial charge in [0.05, 0.1) is 0 Å². The zero-order valence-corrected chi connectivity index (χ0v) is 11.0. The van der Waals surface area contributed by atoms with Crippen molar-refractivity contribution >= 4 is 0 Å². The molecule has 0 heterocycles. The summed E-state index contributed by atoms with van der Waals surface area (Å²) in [6.07, 6.45) is 15.1. The molecular formula is C18H22. The van der Waals surface area contributed by atoms with Crippen LogP contribution in [0.15, 0.2) is 54.1 Å². The molecule has 18 heavy (non-hydrogen) atoms. The van der Waals surface area contributed by atoms with Crippen molar-refractivity contribution in [1.82, 2.24) is 0 Å². The van der Waals surface area contributed by atoms with Gasteiger partial charge in [-0.3, -0.25) is 0 Å². The largest absolute Gasteiger partial charge is 0.0840 e. The van der Waals surface area contributed by atoms with Gasteiger partial charge in [-0.05, 0) is 55.9 Å². The number of allylic oxidation sites excluding steroid dienone is 4. The van der Waals surface area contributed by atoms with E-state index >= 15 is 0 Å². The fraction of sp³-hybridized carbons (Fsp3) is 0.444. The van der Waals surface area contributed by atoms with Crippen molar-refractivity contribution in [2.24, 2.45) is 11.8 Å². The normalized spacial score (nSPS) is 20.6. The minimum Gasteiger partial charge on any atom is -0.0840 e. The molecule has 0 N–H and O–H groups in total. The molecule has 0 spiro atoms. The molecule has 1 atom stereocenters. The standard InChI is InChI=1S/C18H22/c1-3-7-15(8-4-1)13-18(17-11-12-17)14-16-9-5-2-6-10-16/h1,3-5,7-10,17-18H,2,6,11-14H2. The topological polar surface area (TPSA) is 0 Å². The van der Waals surface area contributed by atoms with Crippen LogP contribution in [0, 0.1) is 11.8 Å². The maximum Gasteiger partial charge on any atom is -0.0245 e. The lowest BCUT2D eigenvalue weighted by atomic mass is 9.87. The summed E-state index contributed by atoms with van der Waals surface area (Å²) in [7, 11) is 0. The average Bonchev–Trinajstić information content (AvgIpc) is 3.25. The summed E-state index contributed by atoms with van der Waals surface area (Å²) in [6, 6.07) is 11.0. The van der Waals surface area contributed by atoms with Gasteiger partial charge in [-0.1, -0.05) is 54.1 Å². The molecule has 1 saturated carbocycles. The van der Waals surface area contributed by atoms with Gasteiger partial charge in [-0.25, -0.2) is 0 Å². The summed E-state index contributed by atoms with van der Waals surface area (Å²) in [5.41, 5.74) is 3.09. The van der Waals surface area contributed by atoms with Gasteiger partial charge in [0.1, 0.15) is 0 Å². The van der Waals surface area contributed by atoms with Crippen LogP contribution in [-0.2, 0) is 6.42 Å².